The first kappa shape index (κ1) is 16.2. The molecular formula is C20H21NO3. The Morgan fingerprint density at radius 1 is 1.04 bits per heavy atom. The second-order valence-corrected chi connectivity index (χ2v) is 6.17. The monoisotopic (exact) mass is 323 g/mol. The number of hydrogen-bond donors (Lipinski definition) is 1. The van der Waals surface area contributed by atoms with E-state index >= 15 is 0 Å². The molecule has 1 saturated carbocycles. The van der Waals surface area contributed by atoms with Gasteiger partial charge in [0.1, 0.15) is 6.04 Å². The molecule has 24 heavy (non-hydrogen) atoms. The molecule has 2 aromatic rings. The minimum absolute atomic E-state index is 0.245. The average Bonchev–Trinajstić information content (AvgIpc) is 3.45. The summed E-state index contributed by atoms with van der Waals surface area (Å²) >= 11 is 0. The summed E-state index contributed by atoms with van der Waals surface area (Å²) in [5, 5.41) is 2.80. The summed E-state index contributed by atoms with van der Waals surface area (Å²) in [5.41, 5.74) is 2.69. The van der Waals surface area contributed by atoms with Crippen molar-refractivity contribution in [3.8, 4) is 11.1 Å². The van der Waals surface area contributed by atoms with Gasteiger partial charge in [0.15, 0.2) is 0 Å². The van der Waals surface area contributed by atoms with E-state index in [-0.39, 0.29) is 11.9 Å². The topological polar surface area (TPSA) is 55.4 Å². The van der Waals surface area contributed by atoms with Crippen LogP contribution in [0.25, 0.3) is 11.1 Å². The van der Waals surface area contributed by atoms with Crippen LogP contribution < -0.4 is 5.32 Å². The summed E-state index contributed by atoms with van der Waals surface area (Å²) < 4.78 is 4.80. The molecule has 4 nitrogen and oxygen atoms in total. The lowest BCUT2D eigenvalue weighted by molar-refractivity contribution is -0.143. The zero-order chi connectivity index (χ0) is 16.9. The minimum atomic E-state index is -0.566. The Hall–Kier alpha value is -2.62. The summed E-state index contributed by atoms with van der Waals surface area (Å²) in [6.07, 6.45) is 2.89. The van der Waals surface area contributed by atoms with Crippen LogP contribution in [0.15, 0.2) is 54.6 Å². The van der Waals surface area contributed by atoms with Crippen LogP contribution in [-0.2, 0) is 9.53 Å². The van der Waals surface area contributed by atoms with E-state index in [9.17, 15) is 9.59 Å². The van der Waals surface area contributed by atoms with Crippen molar-refractivity contribution in [2.24, 2.45) is 5.92 Å². The second kappa shape index (κ2) is 7.30. The zero-order valence-electron chi connectivity index (χ0n) is 13.7. The lowest BCUT2D eigenvalue weighted by atomic mass is 10.0. The SMILES string of the molecule is COC(=O)[C@@H](CC1CC1)NC(=O)c1ccc(-c2ccccc2)cc1. The Labute approximate surface area is 141 Å². The molecule has 0 spiro atoms. The van der Waals surface area contributed by atoms with Crippen LogP contribution in [0.5, 0.6) is 0 Å². The highest BCUT2D eigenvalue weighted by molar-refractivity contribution is 5.97. The molecule has 1 atom stereocenters. The van der Waals surface area contributed by atoms with Gasteiger partial charge in [0.2, 0.25) is 0 Å². The molecule has 0 radical (unpaired) electrons. The zero-order valence-corrected chi connectivity index (χ0v) is 13.7. The number of esters is 1. The van der Waals surface area contributed by atoms with E-state index in [1.54, 1.807) is 12.1 Å². The predicted octanol–water partition coefficient (Wildman–Crippen LogP) is 3.43. The number of benzene rings is 2. The van der Waals surface area contributed by atoms with Crippen LogP contribution >= 0.6 is 0 Å². The Morgan fingerprint density at radius 2 is 1.67 bits per heavy atom. The molecule has 0 aliphatic heterocycles. The minimum Gasteiger partial charge on any atom is -0.467 e. The lowest BCUT2D eigenvalue weighted by Crippen LogP contribution is -2.41. The standard InChI is InChI=1S/C20H21NO3/c1-24-20(23)18(13-14-7-8-14)21-19(22)17-11-9-16(10-12-17)15-5-3-2-4-6-15/h2-6,9-12,14,18H,7-8,13H2,1H3,(H,21,22)/t18-/m1/s1. The summed E-state index contributed by atoms with van der Waals surface area (Å²) in [5.74, 6) is -0.100. The number of hydrogen-bond acceptors (Lipinski definition) is 3. The third-order valence-electron chi connectivity index (χ3n) is 4.31. The van der Waals surface area contributed by atoms with Crippen LogP contribution in [0, 0.1) is 5.92 Å². The van der Waals surface area contributed by atoms with Gasteiger partial charge in [0.05, 0.1) is 7.11 Å². The van der Waals surface area contributed by atoms with Gasteiger partial charge in [-0.05, 0) is 35.6 Å². The molecule has 0 saturated heterocycles. The van der Waals surface area contributed by atoms with E-state index < -0.39 is 6.04 Å². The number of carbonyl (C=O) groups is 2. The fourth-order valence-electron chi connectivity index (χ4n) is 2.73. The fourth-order valence-corrected chi connectivity index (χ4v) is 2.73. The van der Waals surface area contributed by atoms with Gasteiger partial charge in [-0.15, -0.1) is 0 Å². The van der Waals surface area contributed by atoms with Gasteiger partial charge in [-0.1, -0.05) is 55.3 Å². The van der Waals surface area contributed by atoms with Gasteiger partial charge in [0, 0.05) is 5.56 Å². The number of methoxy groups -OCH3 is 1. The normalized spacial score (nSPS) is 14.7. The second-order valence-electron chi connectivity index (χ2n) is 6.17. The maximum Gasteiger partial charge on any atom is 0.328 e. The third kappa shape index (κ3) is 4.02. The molecule has 1 aliphatic carbocycles. The fraction of sp³-hybridized carbons (Fsp3) is 0.300. The molecule has 0 bridgehead atoms. The number of amides is 1. The van der Waals surface area contributed by atoms with Gasteiger partial charge in [-0.25, -0.2) is 4.79 Å². The molecule has 4 heteroatoms. The van der Waals surface area contributed by atoms with E-state index in [1.807, 2.05) is 42.5 Å². The smallest absolute Gasteiger partial charge is 0.328 e. The Bertz CT molecular complexity index is 705. The van der Waals surface area contributed by atoms with Gasteiger partial charge >= 0.3 is 5.97 Å². The van der Waals surface area contributed by atoms with Crippen molar-refractivity contribution in [3.63, 3.8) is 0 Å². The lowest BCUT2D eigenvalue weighted by Gasteiger charge is -2.16. The number of rotatable bonds is 6. The van der Waals surface area contributed by atoms with Crippen molar-refractivity contribution < 1.29 is 14.3 Å². The van der Waals surface area contributed by atoms with E-state index in [4.69, 9.17) is 4.74 Å². The summed E-state index contributed by atoms with van der Waals surface area (Å²) in [6, 6.07) is 16.8. The van der Waals surface area contributed by atoms with Gasteiger partial charge in [-0.3, -0.25) is 4.79 Å². The highest BCUT2D eigenvalue weighted by Gasteiger charge is 2.31. The quantitative estimate of drug-likeness (QED) is 0.829. The summed E-state index contributed by atoms with van der Waals surface area (Å²) in [6.45, 7) is 0. The molecule has 1 amide bonds. The molecule has 0 aromatic heterocycles. The van der Waals surface area contributed by atoms with Crippen LogP contribution in [0.1, 0.15) is 29.6 Å². The molecule has 0 unspecified atom stereocenters. The number of nitrogens with one attached hydrogen (secondary N) is 1. The van der Waals surface area contributed by atoms with Gasteiger partial charge < -0.3 is 10.1 Å². The highest BCUT2D eigenvalue weighted by Crippen LogP contribution is 2.33. The van der Waals surface area contributed by atoms with Crippen LogP contribution in [0.2, 0.25) is 0 Å². The first-order valence-electron chi connectivity index (χ1n) is 8.21. The van der Waals surface area contributed by atoms with Crippen molar-refractivity contribution in [2.45, 2.75) is 25.3 Å². The van der Waals surface area contributed by atoms with E-state index in [0.717, 1.165) is 24.0 Å². The van der Waals surface area contributed by atoms with E-state index in [1.165, 1.54) is 7.11 Å². The first-order chi connectivity index (χ1) is 11.7. The van der Waals surface area contributed by atoms with Crippen LogP contribution in [0.4, 0.5) is 0 Å². The Morgan fingerprint density at radius 3 is 2.25 bits per heavy atom. The number of ether oxygens (including phenoxy) is 1. The Balaban J connectivity index is 1.68. The van der Waals surface area contributed by atoms with Gasteiger partial charge in [0.25, 0.3) is 5.91 Å². The maximum absolute atomic E-state index is 12.4. The highest BCUT2D eigenvalue weighted by atomic mass is 16.5. The largest absolute Gasteiger partial charge is 0.467 e. The maximum atomic E-state index is 12.4. The molecule has 1 fully saturated rings. The van der Waals surface area contributed by atoms with Gasteiger partial charge in [-0.2, -0.15) is 0 Å². The Kier molecular flexibility index (Phi) is 4.94. The van der Waals surface area contributed by atoms with Crippen molar-refractivity contribution in [3.05, 3.63) is 60.2 Å². The number of carbonyl (C=O) groups excluding carboxylic acids is 2. The van der Waals surface area contributed by atoms with E-state index in [0.29, 0.717) is 17.9 Å². The summed E-state index contributed by atoms with van der Waals surface area (Å²) in [7, 11) is 1.35. The van der Waals surface area contributed by atoms with Crippen molar-refractivity contribution in [1.29, 1.82) is 0 Å². The predicted molar refractivity (Wildman–Crippen MR) is 92.5 cm³/mol. The molecule has 0 heterocycles. The average molecular weight is 323 g/mol. The molecular weight excluding hydrogens is 302 g/mol. The third-order valence-corrected chi connectivity index (χ3v) is 4.31. The van der Waals surface area contributed by atoms with Crippen LogP contribution in [-0.4, -0.2) is 25.0 Å². The molecule has 1 aliphatic rings. The molecule has 1 N–H and O–H groups in total. The first-order valence-corrected chi connectivity index (χ1v) is 8.21. The molecule has 2 aromatic carbocycles. The van der Waals surface area contributed by atoms with Crippen molar-refractivity contribution >= 4 is 11.9 Å². The van der Waals surface area contributed by atoms with Crippen molar-refractivity contribution in [2.75, 3.05) is 7.11 Å². The molecule has 124 valence electrons. The van der Waals surface area contributed by atoms with Crippen LogP contribution in [0.3, 0.4) is 0 Å². The van der Waals surface area contributed by atoms with Crippen molar-refractivity contribution in [1.82, 2.24) is 5.32 Å². The van der Waals surface area contributed by atoms with E-state index in [2.05, 4.69) is 5.32 Å². The molecule has 3 rings (SSSR count). The summed E-state index contributed by atoms with van der Waals surface area (Å²) in [4.78, 5) is 24.3.